The molecule has 0 amide bonds. The first-order valence-electron chi connectivity index (χ1n) is 11.9. The first-order chi connectivity index (χ1) is 16.8. The van der Waals surface area contributed by atoms with Gasteiger partial charge in [-0.3, -0.25) is 4.79 Å². The third kappa shape index (κ3) is 5.32. The predicted octanol–water partition coefficient (Wildman–Crippen LogP) is 8.65. The maximum atomic E-state index is 14.1. The lowest BCUT2D eigenvalue weighted by Gasteiger charge is -2.26. The van der Waals surface area contributed by atoms with Crippen molar-refractivity contribution in [2.24, 2.45) is 11.8 Å². The molecule has 170 valence electrons. The van der Waals surface area contributed by atoms with Gasteiger partial charge in [0.1, 0.15) is 5.78 Å². The number of rotatable bonds is 8. The molecule has 1 saturated carbocycles. The van der Waals surface area contributed by atoms with Crippen LogP contribution < -0.4 is 0 Å². The van der Waals surface area contributed by atoms with Crippen molar-refractivity contribution in [3.63, 3.8) is 0 Å². The lowest BCUT2D eigenvalue weighted by Crippen LogP contribution is -2.22. The number of benzene rings is 4. The number of Topliss-reactive ketones (excluding diaryl/α,β-unsaturated/α-hetero) is 1. The quantitative estimate of drug-likeness (QED) is 0.235. The van der Waals surface area contributed by atoms with Crippen LogP contribution in [0.5, 0.6) is 0 Å². The highest BCUT2D eigenvalue weighted by Gasteiger charge is 2.44. The molecule has 0 N–H and O–H groups in total. The first kappa shape index (κ1) is 23.0. The van der Waals surface area contributed by atoms with Crippen molar-refractivity contribution in [2.75, 3.05) is 0 Å². The van der Waals surface area contributed by atoms with Gasteiger partial charge in [-0.2, -0.15) is 0 Å². The van der Waals surface area contributed by atoms with E-state index in [4.69, 9.17) is 0 Å². The third-order valence-electron chi connectivity index (χ3n) is 6.52. The summed E-state index contributed by atoms with van der Waals surface area (Å²) in [5, 5.41) is 0.249. The van der Waals surface area contributed by atoms with Gasteiger partial charge in [0.15, 0.2) is 0 Å². The van der Waals surface area contributed by atoms with Crippen LogP contribution in [0.4, 0.5) is 0 Å². The molecule has 0 aromatic heterocycles. The van der Waals surface area contributed by atoms with E-state index in [0.717, 1.165) is 12.8 Å². The van der Waals surface area contributed by atoms with Crippen LogP contribution in [-0.2, 0) is 4.79 Å². The second-order valence-corrected chi connectivity index (χ2v) is 11.1. The van der Waals surface area contributed by atoms with Crippen molar-refractivity contribution < 1.29 is 4.79 Å². The Morgan fingerprint density at radius 1 is 0.500 bits per heavy atom. The number of hydrogen-bond acceptors (Lipinski definition) is 3. The normalized spacial score (nSPS) is 19.6. The van der Waals surface area contributed by atoms with Crippen molar-refractivity contribution in [3.05, 3.63) is 132 Å². The molecule has 0 heterocycles. The Labute approximate surface area is 211 Å². The summed E-state index contributed by atoms with van der Waals surface area (Å²) in [7, 11) is 0. The second-order valence-electron chi connectivity index (χ2n) is 8.72. The number of carbonyl (C=O) groups excluding carboxylic acids is 1. The highest BCUT2D eigenvalue weighted by atomic mass is 32.2. The molecule has 0 spiro atoms. The molecule has 4 aromatic rings. The van der Waals surface area contributed by atoms with Crippen LogP contribution in [0.1, 0.15) is 34.5 Å². The number of thioether (sulfide) groups is 2. The van der Waals surface area contributed by atoms with E-state index in [0.29, 0.717) is 5.78 Å². The van der Waals surface area contributed by atoms with Crippen molar-refractivity contribution in [2.45, 2.75) is 33.1 Å². The van der Waals surface area contributed by atoms with Gasteiger partial charge in [0, 0.05) is 32.1 Å². The second kappa shape index (κ2) is 11.1. The maximum absolute atomic E-state index is 14.1. The Morgan fingerprint density at radius 3 is 1.18 bits per heavy atom. The largest absolute Gasteiger partial charge is 0.299 e. The molecule has 0 bridgehead atoms. The van der Waals surface area contributed by atoms with Crippen LogP contribution in [0.2, 0.25) is 0 Å². The molecule has 4 unspecified atom stereocenters. The smallest absolute Gasteiger partial charge is 0.141 e. The molecule has 1 aliphatic rings. The van der Waals surface area contributed by atoms with Crippen LogP contribution >= 0.6 is 23.5 Å². The zero-order valence-electron chi connectivity index (χ0n) is 19.0. The SMILES string of the molecule is O=C1C(C(Sc2ccccc2)c2ccccc2)CCC1C(Sc1ccccc1)c1ccccc1. The monoisotopic (exact) mass is 480 g/mol. The van der Waals surface area contributed by atoms with Crippen LogP contribution in [0, 0.1) is 11.8 Å². The van der Waals surface area contributed by atoms with Gasteiger partial charge >= 0.3 is 0 Å². The average molecular weight is 481 g/mol. The molecule has 34 heavy (non-hydrogen) atoms. The highest BCUT2D eigenvalue weighted by molar-refractivity contribution is 8.00. The van der Waals surface area contributed by atoms with E-state index < -0.39 is 0 Å². The molecule has 0 radical (unpaired) electrons. The summed E-state index contributed by atoms with van der Waals surface area (Å²) in [4.78, 5) is 16.5. The van der Waals surface area contributed by atoms with Gasteiger partial charge in [0.25, 0.3) is 0 Å². The van der Waals surface area contributed by atoms with Crippen molar-refractivity contribution in [1.82, 2.24) is 0 Å². The topological polar surface area (TPSA) is 17.1 Å². The van der Waals surface area contributed by atoms with Crippen LogP contribution in [-0.4, -0.2) is 5.78 Å². The fourth-order valence-corrected chi connectivity index (χ4v) is 7.53. The number of hydrogen-bond donors (Lipinski definition) is 0. The molecule has 5 rings (SSSR count). The third-order valence-corrected chi connectivity index (χ3v) is 9.32. The minimum Gasteiger partial charge on any atom is -0.299 e. The molecule has 4 aromatic carbocycles. The summed E-state index contributed by atoms with van der Waals surface area (Å²) >= 11 is 3.66. The summed E-state index contributed by atoms with van der Waals surface area (Å²) < 4.78 is 0. The molecular formula is C31H28OS2. The molecule has 1 fully saturated rings. The Bertz CT molecular complexity index is 1080. The van der Waals surface area contributed by atoms with Crippen LogP contribution in [0.3, 0.4) is 0 Å². The van der Waals surface area contributed by atoms with E-state index in [1.54, 1.807) is 0 Å². The van der Waals surface area contributed by atoms with Crippen LogP contribution in [0.25, 0.3) is 0 Å². The summed E-state index contributed by atoms with van der Waals surface area (Å²) in [5.74, 6) is 0.440. The van der Waals surface area contributed by atoms with Gasteiger partial charge in [-0.05, 0) is 48.2 Å². The Balaban J connectivity index is 1.45. The van der Waals surface area contributed by atoms with E-state index in [2.05, 4.69) is 109 Å². The fourth-order valence-electron chi connectivity index (χ4n) is 4.86. The van der Waals surface area contributed by atoms with Gasteiger partial charge in [0.2, 0.25) is 0 Å². The number of ketones is 1. The first-order valence-corrected chi connectivity index (χ1v) is 13.6. The van der Waals surface area contributed by atoms with Gasteiger partial charge in [-0.25, -0.2) is 0 Å². The van der Waals surface area contributed by atoms with Crippen molar-refractivity contribution >= 4 is 29.3 Å². The zero-order valence-corrected chi connectivity index (χ0v) is 20.6. The van der Waals surface area contributed by atoms with Gasteiger partial charge < -0.3 is 0 Å². The number of carbonyl (C=O) groups is 1. The average Bonchev–Trinajstić information content (AvgIpc) is 3.28. The molecule has 4 atom stereocenters. The molecule has 1 aliphatic carbocycles. The Morgan fingerprint density at radius 2 is 0.824 bits per heavy atom. The standard InChI is InChI=1S/C31H28OS2/c32-29-27(30(23-13-5-1-6-14-23)33-25-17-9-3-10-18-25)21-22-28(29)31(24-15-7-2-8-16-24)34-26-19-11-4-12-20-26/h1-20,27-28,30-31H,21-22H2. The van der Waals surface area contributed by atoms with Gasteiger partial charge in [-0.1, -0.05) is 97.1 Å². The van der Waals surface area contributed by atoms with Crippen molar-refractivity contribution in [3.8, 4) is 0 Å². The van der Waals surface area contributed by atoms with Crippen molar-refractivity contribution in [1.29, 1.82) is 0 Å². The molecule has 1 nitrogen and oxygen atoms in total. The maximum Gasteiger partial charge on any atom is 0.141 e. The Hall–Kier alpha value is -2.75. The summed E-state index contributed by atoms with van der Waals surface area (Å²) in [6.07, 6.45) is 1.86. The lowest BCUT2D eigenvalue weighted by atomic mass is 9.91. The van der Waals surface area contributed by atoms with E-state index in [1.165, 1.54) is 20.9 Å². The molecule has 0 aliphatic heterocycles. The van der Waals surface area contributed by atoms with E-state index in [9.17, 15) is 4.79 Å². The van der Waals surface area contributed by atoms with E-state index in [1.807, 2.05) is 35.7 Å². The fraction of sp³-hybridized carbons (Fsp3) is 0.194. The van der Waals surface area contributed by atoms with Gasteiger partial charge in [-0.15, -0.1) is 23.5 Å². The predicted molar refractivity (Wildman–Crippen MR) is 144 cm³/mol. The minimum absolute atomic E-state index is 0.0141. The summed E-state index contributed by atoms with van der Waals surface area (Å²) in [5.41, 5.74) is 2.48. The molecule has 3 heteroatoms. The minimum atomic E-state index is 0.0141. The molecule has 0 saturated heterocycles. The summed E-state index contributed by atoms with van der Waals surface area (Å²) in [6.45, 7) is 0. The van der Waals surface area contributed by atoms with Crippen LogP contribution in [0.15, 0.2) is 131 Å². The van der Waals surface area contributed by atoms with Gasteiger partial charge in [0.05, 0.1) is 0 Å². The van der Waals surface area contributed by atoms with E-state index >= 15 is 0 Å². The lowest BCUT2D eigenvalue weighted by molar-refractivity contribution is -0.123. The zero-order chi connectivity index (χ0) is 23.2. The molecular weight excluding hydrogens is 452 g/mol. The Kier molecular flexibility index (Phi) is 7.52. The highest BCUT2D eigenvalue weighted by Crippen LogP contribution is 2.52. The van der Waals surface area contributed by atoms with E-state index in [-0.39, 0.29) is 22.3 Å². The summed E-state index contributed by atoms with van der Waals surface area (Å²) in [6, 6.07) is 42.1.